The molecule has 48 valence electrons. The molecule has 0 unspecified atom stereocenters. The summed E-state index contributed by atoms with van der Waals surface area (Å²) in [6, 6.07) is 0. The maximum Gasteiger partial charge on any atom is 0.166 e. The van der Waals surface area contributed by atoms with Gasteiger partial charge < -0.3 is 14.9 Å². The average molecular weight is 136 g/mol. The molecule has 0 amide bonds. The van der Waals surface area contributed by atoms with Gasteiger partial charge in [0.05, 0.1) is 0 Å². The summed E-state index contributed by atoms with van der Waals surface area (Å²) in [5, 5.41) is 17.4. The first kappa shape index (κ1) is 6.35. The zero-order chi connectivity index (χ0) is 5.98. The van der Waals surface area contributed by atoms with E-state index in [4.69, 9.17) is 10.2 Å². The van der Waals surface area contributed by atoms with Crippen LogP contribution >= 0.6 is 11.8 Å². The summed E-state index contributed by atoms with van der Waals surface area (Å²) in [5.74, 6) is 1.13. The lowest BCUT2D eigenvalue weighted by Gasteiger charge is -2.21. The van der Waals surface area contributed by atoms with E-state index in [2.05, 4.69) is 4.74 Å². The molecule has 0 radical (unpaired) electrons. The molecule has 0 aromatic rings. The van der Waals surface area contributed by atoms with Crippen LogP contribution in [-0.2, 0) is 4.74 Å². The van der Waals surface area contributed by atoms with E-state index in [1.165, 1.54) is 11.8 Å². The molecule has 1 saturated heterocycles. The Labute approximate surface area is 51.7 Å². The Hall–Kier alpha value is 0.230. The third-order valence-electron chi connectivity index (χ3n) is 0.835. The van der Waals surface area contributed by atoms with E-state index in [1.807, 2.05) is 0 Å². The number of hydrogen-bond acceptors (Lipinski definition) is 4. The molecule has 1 heterocycles. The van der Waals surface area contributed by atoms with Gasteiger partial charge in [-0.05, 0) is 0 Å². The molecule has 1 rings (SSSR count). The van der Waals surface area contributed by atoms with Crippen molar-refractivity contribution in [3.8, 4) is 0 Å². The lowest BCUT2D eigenvalue weighted by Crippen LogP contribution is -2.30. The Bertz CT molecular complexity index is 69.7. The fourth-order valence-electron chi connectivity index (χ4n) is 0.530. The topological polar surface area (TPSA) is 49.7 Å². The minimum absolute atomic E-state index is 0.567. The van der Waals surface area contributed by atoms with Crippen LogP contribution in [0.4, 0.5) is 0 Å². The molecule has 0 aromatic heterocycles. The highest BCUT2D eigenvalue weighted by molar-refractivity contribution is 7.99. The second kappa shape index (κ2) is 2.68. The largest absolute Gasteiger partial charge is 0.367 e. The third-order valence-corrected chi connectivity index (χ3v) is 1.88. The highest BCUT2D eigenvalue weighted by Crippen LogP contribution is 2.14. The van der Waals surface area contributed by atoms with Gasteiger partial charge >= 0.3 is 0 Å². The van der Waals surface area contributed by atoms with Crippen LogP contribution in [-0.4, -0.2) is 34.3 Å². The molecule has 1 aliphatic rings. The van der Waals surface area contributed by atoms with Crippen molar-refractivity contribution >= 4 is 11.8 Å². The lowest BCUT2D eigenvalue weighted by molar-refractivity contribution is -0.190. The van der Waals surface area contributed by atoms with Gasteiger partial charge in [-0.2, -0.15) is 11.8 Å². The smallest absolute Gasteiger partial charge is 0.166 e. The first-order valence-electron chi connectivity index (χ1n) is 2.38. The Kier molecular flexibility index (Phi) is 2.13. The van der Waals surface area contributed by atoms with Crippen LogP contribution in [0.3, 0.4) is 0 Å². The van der Waals surface area contributed by atoms with Crippen LogP contribution in [0.25, 0.3) is 0 Å². The molecule has 1 aliphatic heterocycles. The van der Waals surface area contributed by atoms with Gasteiger partial charge in [0.15, 0.2) is 12.6 Å². The summed E-state index contributed by atoms with van der Waals surface area (Å²) in [4.78, 5) is 0. The molecule has 0 bridgehead atoms. The van der Waals surface area contributed by atoms with Gasteiger partial charge in [0.1, 0.15) is 0 Å². The summed E-state index contributed by atoms with van der Waals surface area (Å²) < 4.78 is 4.58. The van der Waals surface area contributed by atoms with Gasteiger partial charge in [-0.15, -0.1) is 0 Å². The van der Waals surface area contributed by atoms with Crippen molar-refractivity contribution in [2.45, 2.75) is 12.6 Å². The summed E-state index contributed by atoms with van der Waals surface area (Å²) in [6.07, 6.45) is -1.55. The van der Waals surface area contributed by atoms with E-state index in [1.54, 1.807) is 0 Å². The highest BCUT2D eigenvalue weighted by atomic mass is 32.2. The Balaban J connectivity index is 2.23. The summed E-state index contributed by atoms with van der Waals surface area (Å²) in [5.41, 5.74) is 0. The van der Waals surface area contributed by atoms with Gasteiger partial charge in [-0.1, -0.05) is 0 Å². The quantitative estimate of drug-likeness (QED) is 0.466. The van der Waals surface area contributed by atoms with E-state index >= 15 is 0 Å². The molecule has 2 atom stereocenters. The molecule has 0 spiro atoms. The van der Waals surface area contributed by atoms with Crippen molar-refractivity contribution in [2.75, 3.05) is 11.5 Å². The van der Waals surface area contributed by atoms with Crippen LogP contribution in [0.2, 0.25) is 0 Å². The second-order valence-electron chi connectivity index (χ2n) is 1.58. The van der Waals surface area contributed by atoms with Crippen molar-refractivity contribution in [1.82, 2.24) is 0 Å². The number of aliphatic hydroxyl groups excluding tert-OH is 2. The van der Waals surface area contributed by atoms with Gasteiger partial charge in [0.25, 0.3) is 0 Å². The van der Waals surface area contributed by atoms with Crippen LogP contribution in [0, 0.1) is 0 Å². The zero-order valence-corrected chi connectivity index (χ0v) is 5.10. The second-order valence-corrected chi connectivity index (χ2v) is 2.66. The maximum absolute atomic E-state index is 8.68. The predicted molar refractivity (Wildman–Crippen MR) is 30.4 cm³/mol. The van der Waals surface area contributed by atoms with Gasteiger partial charge in [0, 0.05) is 11.5 Å². The summed E-state index contributed by atoms with van der Waals surface area (Å²) >= 11 is 1.49. The first-order valence-corrected chi connectivity index (χ1v) is 3.54. The monoisotopic (exact) mass is 136 g/mol. The van der Waals surface area contributed by atoms with Gasteiger partial charge in [-0.25, -0.2) is 0 Å². The van der Waals surface area contributed by atoms with Crippen molar-refractivity contribution in [3.63, 3.8) is 0 Å². The zero-order valence-electron chi connectivity index (χ0n) is 4.28. The lowest BCUT2D eigenvalue weighted by atomic mass is 10.7. The highest BCUT2D eigenvalue weighted by Gasteiger charge is 2.17. The standard InChI is InChI=1S/C4H8O3S/c5-3-1-8-2-4(6)7-3/h3-6H,1-2H2/t3-,4+. The number of ether oxygens (including phenoxy) is 1. The average Bonchev–Trinajstić information content (AvgIpc) is 1.64. The Morgan fingerprint density at radius 3 is 2.00 bits per heavy atom. The minimum atomic E-state index is -0.774. The van der Waals surface area contributed by atoms with Crippen molar-refractivity contribution in [2.24, 2.45) is 0 Å². The van der Waals surface area contributed by atoms with Crippen molar-refractivity contribution in [1.29, 1.82) is 0 Å². The van der Waals surface area contributed by atoms with E-state index in [0.29, 0.717) is 11.5 Å². The van der Waals surface area contributed by atoms with Crippen LogP contribution in [0.5, 0.6) is 0 Å². The van der Waals surface area contributed by atoms with Crippen molar-refractivity contribution < 1.29 is 14.9 Å². The minimum Gasteiger partial charge on any atom is -0.367 e. The van der Waals surface area contributed by atoms with Crippen LogP contribution in [0.1, 0.15) is 0 Å². The SMILES string of the molecule is O[C@@H]1CSC[C@H](O)O1. The number of hydrogen-bond donors (Lipinski definition) is 2. The number of thioether (sulfide) groups is 1. The number of aliphatic hydroxyl groups is 2. The fourth-order valence-corrected chi connectivity index (χ4v) is 1.23. The molecule has 2 N–H and O–H groups in total. The molecule has 0 aromatic carbocycles. The number of rotatable bonds is 0. The maximum atomic E-state index is 8.68. The Morgan fingerprint density at radius 1 is 1.25 bits per heavy atom. The van der Waals surface area contributed by atoms with Crippen LogP contribution < -0.4 is 0 Å². The molecule has 4 heteroatoms. The van der Waals surface area contributed by atoms with E-state index < -0.39 is 12.6 Å². The molecular formula is C4H8O3S. The fraction of sp³-hybridized carbons (Fsp3) is 1.00. The summed E-state index contributed by atoms with van der Waals surface area (Å²) in [7, 11) is 0. The summed E-state index contributed by atoms with van der Waals surface area (Å²) in [6.45, 7) is 0. The molecule has 1 fully saturated rings. The van der Waals surface area contributed by atoms with E-state index in [9.17, 15) is 0 Å². The van der Waals surface area contributed by atoms with Crippen molar-refractivity contribution in [3.05, 3.63) is 0 Å². The van der Waals surface area contributed by atoms with Crippen LogP contribution in [0.15, 0.2) is 0 Å². The predicted octanol–water partition coefficient (Wildman–Crippen LogP) is -0.613. The Morgan fingerprint density at radius 2 is 1.75 bits per heavy atom. The molecular weight excluding hydrogens is 128 g/mol. The molecule has 0 aliphatic carbocycles. The van der Waals surface area contributed by atoms with E-state index in [0.717, 1.165) is 0 Å². The third kappa shape index (κ3) is 1.63. The molecule has 0 saturated carbocycles. The van der Waals surface area contributed by atoms with Gasteiger partial charge in [0.2, 0.25) is 0 Å². The molecule has 3 nitrogen and oxygen atoms in total. The normalized spacial score (nSPS) is 39.8. The van der Waals surface area contributed by atoms with Gasteiger partial charge in [-0.3, -0.25) is 0 Å². The van der Waals surface area contributed by atoms with E-state index in [-0.39, 0.29) is 0 Å². The first-order chi connectivity index (χ1) is 3.79. The molecule has 8 heavy (non-hydrogen) atoms.